The van der Waals surface area contributed by atoms with Crippen molar-refractivity contribution in [3.8, 4) is 0 Å². The number of carbonyl (C=O) groups excluding carboxylic acids is 1. The van der Waals surface area contributed by atoms with E-state index < -0.39 is 4.84 Å². The van der Waals surface area contributed by atoms with Crippen molar-refractivity contribution in [3.05, 3.63) is 28.5 Å². The first kappa shape index (κ1) is 11.8. The highest BCUT2D eigenvalue weighted by molar-refractivity contribution is 9.10. The number of nitrogens with zero attached hydrogens (tertiary/aromatic N) is 1. The molecule has 76 valence electrons. The second kappa shape index (κ2) is 5.53. The molecule has 0 aromatic carbocycles. The number of hydrogen-bond donors (Lipinski definition) is 1. The molecule has 6 heteroatoms. The number of alkyl halides is 2. The number of amides is 1. The molecule has 0 spiro atoms. The average Bonchev–Trinajstić information content (AvgIpc) is 2.15. The first-order chi connectivity index (χ1) is 6.59. The van der Waals surface area contributed by atoms with Gasteiger partial charge in [0, 0.05) is 12.7 Å². The Morgan fingerprint density at radius 3 is 2.79 bits per heavy atom. The summed E-state index contributed by atoms with van der Waals surface area (Å²) in [5.41, 5.74) is 0.474. The average molecular weight is 298 g/mol. The zero-order valence-electron chi connectivity index (χ0n) is 7.01. The minimum Gasteiger partial charge on any atom is -0.349 e. The molecule has 3 nitrogen and oxygen atoms in total. The third-order valence-electron chi connectivity index (χ3n) is 1.41. The molecule has 0 aliphatic carbocycles. The van der Waals surface area contributed by atoms with Crippen LogP contribution in [0.3, 0.4) is 0 Å². The highest BCUT2D eigenvalue weighted by atomic mass is 79.9. The van der Waals surface area contributed by atoms with E-state index in [2.05, 4.69) is 26.2 Å². The highest BCUT2D eigenvalue weighted by Gasteiger charge is 2.06. The zero-order chi connectivity index (χ0) is 10.6. The van der Waals surface area contributed by atoms with Gasteiger partial charge in [-0.05, 0) is 28.1 Å². The van der Waals surface area contributed by atoms with Crippen molar-refractivity contribution in [2.45, 2.75) is 4.84 Å². The van der Waals surface area contributed by atoms with E-state index in [4.69, 9.17) is 23.2 Å². The monoisotopic (exact) mass is 296 g/mol. The molecule has 1 aromatic heterocycles. The van der Waals surface area contributed by atoms with Gasteiger partial charge in [0.1, 0.15) is 9.44 Å². The number of nitrogens with one attached hydrogen (secondary N) is 1. The summed E-state index contributed by atoms with van der Waals surface area (Å²) in [4.78, 5) is 14.7. The summed E-state index contributed by atoms with van der Waals surface area (Å²) >= 11 is 14.1. The van der Waals surface area contributed by atoms with E-state index in [0.29, 0.717) is 10.2 Å². The Balaban J connectivity index is 2.57. The van der Waals surface area contributed by atoms with Gasteiger partial charge in [-0.25, -0.2) is 4.98 Å². The van der Waals surface area contributed by atoms with Gasteiger partial charge in [0.15, 0.2) is 0 Å². The molecule has 0 saturated heterocycles. The number of pyridine rings is 1. The van der Waals surface area contributed by atoms with Crippen molar-refractivity contribution in [1.82, 2.24) is 10.3 Å². The van der Waals surface area contributed by atoms with Crippen molar-refractivity contribution in [3.63, 3.8) is 0 Å². The maximum Gasteiger partial charge on any atom is 0.252 e. The predicted molar refractivity (Wildman–Crippen MR) is 59.8 cm³/mol. The van der Waals surface area contributed by atoms with Gasteiger partial charge < -0.3 is 5.32 Å². The lowest BCUT2D eigenvalue weighted by Gasteiger charge is -2.04. The Morgan fingerprint density at radius 2 is 2.29 bits per heavy atom. The van der Waals surface area contributed by atoms with E-state index in [1.807, 2.05) is 0 Å². The van der Waals surface area contributed by atoms with Crippen molar-refractivity contribution in [2.75, 3.05) is 6.54 Å². The summed E-state index contributed by atoms with van der Waals surface area (Å²) in [6.45, 7) is 0.220. The molecule has 1 aromatic rings. The van der Waals surface area contributed by atoms with Crippen LogP contribution in [0.5, 0.6) is 0 Å². The lowest BCUT2D eigenvalue weighted by molar-refractivity contribution is 0.0955. The minimum atomic E-state index is -0.595. The molecular formula is C8H7BrCl2N2O. The molecule has 0 fully saturated rings. The molecule has 0 aliphatic rings. The number of aromatic nitrogens is 1. The second-order valence-corrected chi connectivity index (χ2v) is 4.56. The minimum absolute atomic E-state index is 0.220. The van der Waals surface area contributed by atoms with Crippen LogP contribution in [0, 0.1) is 0 Å². The number of carbonyl (C=O) groups is 1. The molecule has 1 N–H and O–H groups in total. The van der Waals surface area contributed by atoms with Crippen molar-refractivity contribution in [2.24, 2.45) is 0 Å². The SMILES string of the molecule is O=C(NCC(Cl)Cl)c1ccc(Br)nc1. The van der Waals surface area contributed by atoms with Gasteiger partial charge in [0.05, 0.1) is 5.56 Å². The molecule has 14 heavy (non-hydrogen) atoms. The molecular weight excluding hydrogens is 291 g/mol. The molecule has 0 atom stereocenters. The predicted octanol–water partition coefficient (Wildman–Crippen LogP) is 2.38. The molecule has 0 aliphatic heterocycles. The Bertz CT molecular complexity index is 316. The lowest BCUT2D eigenvalue weighted by Crippen LogP contribution is -2.27. The summed E-state index contributed by atoms with van der Waals surface area (Å²) in [5, 5.41) is 2.56. The number of rotatable bonds is 3. The normalized spacial score (nSPS) is 10.3. The van der Waals surface area contributed by atoms with Gasteiger partial charge in [-0.2, -0.15) is 0 Å². The van der Waals surface area contributed by atoms with Crippen molar-refractivity contribution < 1.29 is 4.79 Å². The smallest absolute Gasteiger partial charge is 0.252 e. The van der Waals surface area contributed by atoms with Crippen LogP contribution in [0.4, 0.5) is 0 Å². The maximum atomic E-state index is 11.4. The lowest BCUT2D eigenvalue weighted by atomic mass is 10.3. The molecule has 1 rings (SSSR count). The molecule has 0 saturated carbocycles. The van der Waals surface area contributed by atoms with Gasteiger partial charge in [-0.1, -0.05) is 0 Å². The fourth-order valence-electron chi connectivity index (χ4n) is 0.782. The van der Waals surface area contributed by atoms with Crippen LogP contribution in [0.15, 0.2) is 22.9 Å². The van der Waals surface area contributed by atoms with Crippen molar-refractivity contribution >= 4 is 45.0 Å². The van der Waals surface area contributed by atoms with Crippen LogP contribution in [0.2, 0.25) is 0 Å². The summed E-state index contributed by atoms with van der Waals surface area (Å²) in [6, 6.07) is 3.34. The second-order valence-electron chi connectivity index (χ2n) is 2.47. The first-order valence-electron chi connectivity index (χ1n) is 3.77. The van der Waals surface area contributed by atoms with E-state index in [9.17, 15) is 4.79 Å². The van der Waals surface area contributed by atoms with Crippen LogP contribution in [-0.4, -0.2) is 22.3 Å². The fraction of sp³-hybridized carbons (Fsp3) is 0.250. The summed E-state index contributed by atoms with van der Waals surface area (Å²) in [5.74, 6) is -0.240. The van der Waals surface area contributed by atoms with E-state index >= 15 is 0 Å². The van der Waals surface area contributed by atoms with E-state index in [1.165, 1.54) is 6.20 Å². The molecule has 1 amide bonds. The van der Waals surface area contributed by atoms with E-state index in [-0.39, 0.29) is 12.5 Å². The summed E-state index contributed by atoms with van der Waals surface area (Å²) < 4.78 is 0.682. The third kappa shape index (κ3) is 3.82. The van der Waals surface area contributed by atoms with Crippen LogP contribution >= 0.6 is 39.1 Å². The Morgan fingerprint density at radius 1 is 1.57 bits per heavy atom. The highest BCUT2D eigenvalue weighted by Crippen LogP contribution is 2.06. The van der Waals surface area contributed by atoms with E-state index in [1.54, 1.807) is 12.1 Å². The van der Waals surface area contributed by atoms with Gasteiger partial charge in [-0.15, -0.1) is 23.2 Å². The van der Waals surface area contributed by atoms with Gasteiger partial charge in [0.2, 0.25) is 0 Å². The standard InChI is InChI=1S/C8H7BrCl2N2O/c9-6-2-1-5(3-12-6)8(14)13-4-7(10)11/h1-3,7H,4H2,(H,13,14). The van der Waals surface area contributed by atoms with E-state index in [0.717, 1.165) is 0 Å². The van der Waals surface area contributed by atoms with Crippen LogP contribution in [-0.2, 0) is 0 Å². The first-order valence-corrected chi connectivity index (χ1v) is 5.44. The van der Waals surface area contributed by atoms with Crippen LogP contribution in [0.25, 0.3) is 0 Å². The summed E-state index contributed by atoms with van der Waals surface area (Å²) in [6.07, 6.45) is 1.47. The zero-order valence-corrected chi connectivity index (χ0v) is 10.1. The van der Waals surface area contributed by atoms with Crippen LogP contribution in [0.1, 0.15) is 10.4 Å². The largest absolute Gasteiger partial charge is 0.349 e. The fourth-order valence-corrected chi connectivity index (χ4v) is 1.17. The third-order valence-corrected chi connectivity index (χ3v) is 2.18. The number of halogens is 3. The van der Waals surface area contributed by atoms with Gasteiger partial charge in [0.25, 0.3) is 5.91 Å². The molecule has 0 bridgehead atoms. The maximum absolute atomic E-state index is 11.4. The van der Waals surface area contributed by atoms with Crippen LogP contribution < -0.4 is 5.32 Å². The Kier molecular flexibility index (Phi) is 4.65. The number of hydrogen-bond acceptors (Lipinski definition) is 2. The molecule has 1 heterocycles. The van der Waals surface area contributed by atoms with Gasteiger partial charge in [-0.3, -0.25) is 4.79 Å². The quantitative estimate of drug-likeness (QED) is 0.687. The Labute approximate surface area is 99.9 Å². The Hall–Kier alpha value is -0.320. The van der Waals surface area contributed by atoms with Gasteiger partial charge >= 0.3 is 0 Å². The topological polar surface area (TPSA) is 42.0 Å². The van der Waals surface area contributed by atoms with Crippen molar-refractivity contribution in [1.29, 1.82) is 0 Å². The molecule has 0 radical (unpaired) electrons. The molecule has 0 unspecified atom stereocenters. The summed E-state index contributed by atoms with van der Waals surface area (Å²) in [7, 11) is 0.